The second-order valence-electron chi connectivity index (χ2n) is 11.6. The Hall–Kier alpha value is -0.450. The summed E-state index contributed by atoms with van der Waals surface area (Å²) in [7, 11) is 0. The molecule has 1 heterocycles. The van der Waals surface area contributed by atoms with Crippen LogP contribution in [0.4, 0.5) is 0 Å². The highest BCUT2D eigenvalue weighted by Crippen LogP contribution is 2.67. The van der Waals surface area contributed by atoms with Crippen molar-refractivity contribution in [1.82, 2.24) is 5.06 Å². The Labute approximate surface area is 164 Å². The molecule has 1 spiro atoms. The van der Waals surface area contributed by atoms with Crippen LogP contribution in [0.1, 0.15) is 85.5 Å². The van der Waals surface area contributed by atoms with Gasteiger partial charge in [-0.1, -0.05) is 13.8 Å². The highest BCUT2D eigenvalue weighted by atomic mass is 16.6. The number of carbonyl (C=O) groups excluding carboxylic acids is 1. The summed E-state index contributed by atoms with van der Waals surface area (Å²) in [5.41, 5.74) is -0.437. The van der Waals surface area contributed by atoms with Gasteiger partial charge in [0.15, 0.2) is 0 Å². The molecule has 0 aromatic heterocycles. The second kappa shape index (κ2) is 5.58. The van der Waals surface area contributed by atoms with Gasteiger partial charge in [-0.3, -0.25) is 4.79 Å². The molecule has 5 fully saturated rings. The van der Waals surface area contributed by atoms with E-state index in [2.05, 4.69) is 27.7 Å². The van der Waals surface area contributed by atoms with E-state index in [4.69, 9.17) is 4.74 Å². The maximum Gasteiger partial charge on any atom is 0.144 e. The molecule has 0 aromatic carbocycles. The van der Waals surface area contributed by atoms with E-state index in [1.165, 1.54) is 19.3 Å². The fourth-order valence-corrected chi connectivity index (χ4v) is 8.29. The van der Waals surface area contributed by atoms with Crippen molar-refractivity contribution in [3.8, 4) is 0 Å². The molecule has 4 aliphatic carbocycles. The number of hydroxylamine groups is 2. The van der Waals surface area contributed by atoms with E-state index in [-0.39, 0.29) is 11.0 Å². The molecule has 0 amide bonds. The van der Waals surface area contributed by atoms with Gasteiger partial charge < -0.3 is 9.94 Å². The lowest BCUT2D eigenvalue weighted by molar-refractivity contribution is -0.283. The molecule has 4 unspecified atom stereocenters. The van der Waals surface area contributed by atoms with Gasteiger partial charge in [-0.2, -0.15) is 5.06 Å². The Morgan fingerprint density at radius 1 is 1.00 bits per heavy atom. The Balaban J connectivity index is 1.41. The first-order valence-corrected chi connectivity index (χ1v) is 11.3. The van der Waals surface area contributed by atoms with Crippen molar-refractivity contribution in [3.05, 3.63) is 0 Å². The largest absolute Gasteiger partial charge is 0.356 e. The zero-order chi connectivity index (χ0) is 19.2. The van der Waals surface area contributed by atoms with Crippen LogP contribution >= 0.6 is 0 Å². The van der Waals surface area contributed by atoms with Crippen LogP contribution < -0.4 is 0 Å². The van der Waals surface area contributed by atoms with Crippen molar-refractivity contribution in [2.45, 2.75) is 96.7 Å². The minimum Gasteiger partial charge on any atom is -0.356 e. The van der Waals surface area contributed by atoms with Gasteiger partial charge >= 0.3 is 0 Å². The van der Waals surface area contributed by atoms with Crippen molar-refractivity contribution in [1.29, 1.82) is 0 Å². The highest BCUT2D eigenvalue weighted by Gasteiger charge is 2.64. The van der Waals surface area contributed by atoms with Crippen molar-refractivity contribution in [2.24, 2.45) is 34.5 Å². The number of ketones is 1. The van der Waals surface area contributed by atoms with E-state index in [0.717, 1.165) is 50.4 Å². The third-order valence-corrected chi connectivity index (χ3v) is 10.0. The number of ether oxygens (including phenoxy) is 1. The zero-order valence-electron chi connectivity index (χ0n) is 17.6. The number of hydrogen-bond acceptors (Lipinski definition) is 4. The summed E-state index contributed by atoms with van der Waals surface area (Å²) in [6.07, 6.45) is 9.81. The topological polar surface area (TPSA) is 49.8 Å². The third-order valence-electron chi connectivity index (χ3n) is 10.0. The molecular formula is C23H37NO3. The Morgan fingerprint density at radius 2 is 1.78 bits per heavy atom. The fraction of sp³-hybridized carbons (Fsp3) is 0.957. The van der Waals surface area contributed by atoms with Gasteiger partial charge in [-0.15, -0.1) is 0 Å². The SMILES string of the molecule is CC1(C)COC2(CC[C@]3(C)C4CC[C@]5(C)C(=O)CCC5C4CC[C@@H]3C2)N1O. The first kappa shape index (κ1) is 18.6. The first-order chi connectivity index (χ1) is 12.6. The Kier molecular flexibility index (Phi) is 3.84. The van der Waals surface area contributed by atoms with E-state index in [1.54, 1.807) is 5.06 Å². The van der Waals surface area contributed by atoms with Crippen molar-refractivity contribution in [3.63, 3.8) is 0 Å². The summed E-state index contributed by atoms with van der Waals surface area (Å²) < 4.78 is 6.27. The molecule has 4 saturated carbocycles. The van der Waals surface area contributed by atoms with Crippen LogP contribution in [0, 0.1) is 34.5 Å². The van der Waals surface area contributed by atoms with Crippen molar-refractivity contribution >= 4 is 5.78 Å². The van der Waals surface area contributed by atoms with Crippen LogP contribution in [-0.4, -0.2) is 33.9 Å². The molecule has 1 aliphatic heterocycles. The van der Waals surface area contributed by atoms with Gasteiger partial charge in [0, 0.05) is 11.8 Å². The average molecular weight is 376 g/mol. The summed E-state index contributed by atoms with van der Waals surface area (Å²) in [5.74, 6) is 3.26. The minimum absolute atomic E-state index is 0.0270. The lowest BCUT2D eigenvalue weighted by atomic mass is 9.45. The molecule has 1 N–H and O–H groups in total. The minimum atomic E-state index is -0.465. The van der Waals surface area contributed by atoms with Gasteiger partial charge in [0.2, 0.25) is 0 Å². The average Bonchev–Trinajstić information content (AvgIpc) is 3.05. The number of fused-ring (bicyclic) bond motifs is 5. The van der Waals surface area contributed by atoms with Crippen LogP contribution in [0.2, 0.25) is 0 Å². The van der Waals surface area contributed by atoms with E-state index in [0.29, 0.717) is 29.6 Å². The fourth-order valence-electron chi connectivity index (χ4n) is 8.29. The number of hydrogen-bond donors (Lipinski definition) is 1. The van der Waals surface area contributed by atoms with Crippen LogP contribution in [0.15, 0.2) is 0 Å². The van der Waals surface area contributed by atoms with E-state index in [1.807, 2.05) is 0 Å². The molecule has 5 rings (SSSR count). The molecule has 4 nitrogen and oxygen atoms in total. The van der Waals surface area contributed by atoms with E-state index in [9.17, 15) is 10.0 Å². The number of rotatable bonds is 0. The van der Waals surface area contributed by atoms with Crippen LogP contribution in [0.25, 0.3) is 0 Å². The first-order valence-electron chi connectivity index (χ1n) is 11.3. The summed E-state index contributed by atoms with van der Waals surface area (Å²) in [6, 6.07) is 0. The number of Topliss-reactive ketones (excluding diaryl/α,β-unsaturated/α-hetero) is 1. The number of nitrogens with zero attached hydrogens (tertiary/aromatic N) is 1. The van der Waals surface area contributed by atoms with Gasteiger partial charge in [-0.25, -0.2) is 0 Å². The summed E-state index contributed by atoms with van der Waals surface area (Å²) in [5, 5.41) is 12.5. The summed E-state index contributed by atoms with van der Waals surface area (Å²) in [6.45, 7) is 9.56. The predicted molar refractivity (Wildman–Crippen MR) is 103 cm³/mol. The predicted octanol–water partition coefficient (Wildman–Crippen LogP) is 4.79. The summed E-state index contributed by atoms with van der Waals surface area (Å²) in [4.78, 5) is 12.6. The molecule has 0 aromatic rings. The normalized spacial score (nSPS) is 54.6. The Morgan fingerprint density at radius 3 is 2.48 bits per heavy atom. The zero-order valence-corrected chi connectivity index (χ0v) is 17.6. The molecule has 152 valence electrons. The third kappa shape index (κ3) is 2.30. The highest BCUT2D eigenvalue weighted by molar-refractivity contribution is 5.87. The lowest BCUT2D eigenvalue weighted by Gasteiger charge is -2.61. The van der Waals surface area contributed by atoms with E-state index >= 15 is 0 Å². The number of carbonyl (C=O) groups is 1. The van der Waals surface area contributed by atoms with Gasteiger partial charge in [0.1, 0.15) is 11.5 Å². The standard InChI is InChI=1S/C23H37NO3/c1-20(2)14-27-23(24(20)26)12-11-21(3)15(13-23)5-6-16-17-7-8-19(25)22(17,4)10-9-18(16)21/h15-18,26H,5-14H2,1-4H3/t15-,16?,17?,18?,21+,22+,23?/m1/s1. The van der Waals surface area contributed by atoms with Crippen molar-refractivity contribution < 1.29 is 14.7 Å². The molecule has 5 aliphatic rings. The lowest BCUT2D eigenvalue weighted by Crippen LogP contribution is -2.60. The smallest absolute Gasteiger partial charge is 0.144 e. The monoisotopic (exact) mass is 375 g/mol. The molecule has 1 saturated heterocycles. The molecule has 7 atom stereocenters. The Bertz CT molecular complexity index is 662. The maximum atomic E-state index is 12.6. The second-order valence-corrected chi connectivity index (χ2v) is 11.6. The quantitative estimate of drug-likeness (QED) is 0.661. The van der Waals surface area contributed by atoms with Gasteiger partial charge in [0.25, 0.3) is 0 Å². The molecular weight excluding hydrogens is 338 g/mol. The van der Waals surface area contributed by atoms with Crippen molar-refractivity contribution in [2.75, 3.05) is 6.61 Å². The molecule has 4 heteroatoms. The van der Waals surface area contributed by atoms with Crippen LogP contribution in [-0.2, 0) is 9.53 Å². The summed E-state index contributed by atoms with van der Waals surface area (Å²) >= 11 is 0. The van der Waals surface area contributed by atoms with Gasteiger partial charge in [0.05, 0.1) is 12.1 Å². The maximum absolute atomic E-state index is 12.6. The van der Waals surface area contributed by atoms with Crippen LogP contribution in [0.3, 0.4) is 0 Å². The van der Waals surface area contributed by atoms with Gasteiger partial charge in [-0.05, 0) is 94.3 Å². The molecule has 27 heavy (non-hydrogen) atoms. The molecule has 0 bridgehead atoms. The molecule has 0 radical (unpaired) electrons. The van der Waals surface area contributed by atoms with E-state index < -0.39 is 5.72 Å². The van der Waals surface area contributed by atoms with Crippen LogP contribution in [0.5, 0.6) is 0 Å².